The number of hydrogen-bond acceptors (Lipinski definition) is 5. The lowest BCUT2D eigenvalue weighted by atomic mass is 10.3. The van der Waals surface area contributed by atoms with E-state index >= 15 is 0 Å². The van der Waals surface area contributed by atoms with Gasteiger partial charge in [0.2, 0.25) is 5.28 Å². The molecule has 0 aromatic carbocycles. The smallest absolute Gasteiger partial charge is 0.243 e. The molecule has 3 aromatic rings. The molecule has 3 rings (SSSR count). The van der Waals surface area contributed by atoms with Crippen molar-refractivity contribution in [1.29, 1.82) is 0 Å². The Kier molecular flexibility index (Phi) is 3.31. The monoisotopic (exact) mass is 338 g/mol. The first-order valence-electron chi connectivity index (χ1n) is 5.44. The van der Waals surface area contributed by atoms with E-state index in [1.807, 2.05) is 18.2 Å². The minimum absolute atomic E-state index is 0.148. The van der Waals surface area contributed by atoms with Gasteiger partial charge in [-0.1, -0.05) is 6.07 Å². The summed E-state index contributed by atoms with van der Waals surface area (Å²) in [6.45, 7) is 0.536. The van der Waals surface area contributed by atoms with E-state index in [-0.39, 0.29) is 5.28 Å². The van der Waals surface area contributed by atoms with Crippen molar-refractivity contribution < 1.29 is 0 Å². The highest BCUT2D eigenvalue weighted by atomic mass is 79.9. The number of halogens is 2. The minimum Gasteiger partial charge on any atom is -0.361 e. The molecule has 0 saturated carbocycles. The third-order valence-electron chi connectivity index (χ3n) is 2.46. The lowest BCUT2D eigenvalue weighted by molar-refractivity contribution is 0.877. The van der Waals surface area contributed by atoms with Crippen LogP contribution >= 0.6 is 27.5 Å². The summed E-state index contributed by atoms with van der Waals surface area (Å²) in [5, 5.41) is 7.36. The lowest BCUT2D eigenvalue weighted by Crippen LogP contribution is -2.07. The largest absolute Gasteiger partial charge is 0.361 e. The highest BCUT2D eigenvalue weighted by molar-refractivity contribution is 9.10. The number of pyridine rings is 1. The SMILES string of the molecule is Clc1nc(NCc2ccccn2)c2ncc(Br)n2n1. The van der Waals surface area contributed by atoms with Crippen LogP contribution < -0.4 is 5.32 Å². The van der Waals surface area contributed by atoms with Crippen molar-refractivity contribution >= 4 is 39.0 Å². The van der Waals surface area contributed by atoms with Crippen molar-refractivity contribution in [3.05, 3.63) is 46.2 Å². The highest BCUT2D eigenvalue weighted by Gasteiger charge is 2.10. The maximum atomic E-state index is 5.89. The average molecular weight is 340 g/mol. The number of hydrogen-bond donors (Lipinski definition) is 1. The Morgan fingerprint density at radius 2 is 2.21 bits per heavy atom. The Hall–Kier alpha value is -1.73. The van der Waals surface area contributed by atoms with Gasteiger partial charge in [0, 0.05) is 6.20 Å². The molecule has 0 spiro atoms. The first kappa shape index (κ1) is 12.3. The molecule has 6 nitrogen and oxygen atoms in total. The zero-order chi connectivity index (χ0) is 13.2. The number of imidazole rings is 1. The van der Waals surface area contributed by atoms with Crippen LogP contribution in [-0.4, -0.2) is 24.6 Å². The third-order valence-corrected chi connectivity index (χ3v) is 3.16. The Labute approximate surface area is 122 Å². The molecule has 0 aliphatic heterocycles. The van der Waals surface area contributed by atoms with E-state index in [2.05, 4.69) is 41.3 Å². The second kappa shape index (κ2) is 5.10. The van der Waals surface area contributed by atoms with Gasteiger partial charge >= 0.3 is 0 Å². The Bertz CT molecular complexity index is 714. The van der Waals surface area contributed by atoms with Gasteiger partial charge in [-0.2, -0.15) is 4.98 Å². The Morgan fingerprint density at radius 1 is 1.32 bits per heavy atom. The van der Waals surface area contributed by atoms with Crippen LogP contribution in [-0.2, 0) is 6.54 Å². The summed E-state index contributed by atoms with van der Waals surface area (Å²) in [6.07, 6.45) is 3.39. The van der Waals surface area contributed by atoms with Gasteiger partial charge in [-0.25, -0.2) is 9.50 Å². The number of aromatic nitrogens is 5. The summed E-state index contributed by atoms with van der Waals surface area (Å²) in [5.41, 5.74) is 1.51. The topological polar surface area (TPSA) is 68.0 Å². The Morgan fingerprint density at radius 3 is 3.00 bits per heavy atom. The molecule has 0 aliphatic carbocycles. The van der Waals surface area contributed by atoms with Crippen LogP contribution in [0.3, 0.4) is 0 Å². The molecular weight excluding hydrogens is 332 g/mol. The maximum Gasteiger partial charge on any atom is 0.243 e. The second-order valence-corrected chi connectivity index (χ2v) is 4.87. The molecular formula is C11H8BrClN6. The summed E-state index contributed by atoms with van der Waals surface area (Å²) in [5.74, 6) is 0.566. The average Bonchev–Trinajstić information content (AvgIpc) is 2.79. The summed E-state index contributed by atoms with van der Waals surface area (Å²) < 4.78 is 2.29. The number of fused-ring (bicyclic) bond motifs is 1. The zero-order valence-corrected chi connectivity index (χ0v) is 11.9. The highest BCUT2D eigenvalue weighted by Crippen LogP contribution is 2.19. The van der Waals surface area contributed by atoms with E-state index < -0.39 is 0 Å². The summed E-state index contributed by atoms with van der Waals surface area (Å²) in [7, 11) is 0. The zero-order valence-electron chi connectivity index (χ0n) is 9.59. The van der Waals surface area contributed by atoms with Crippen LogP contribution in [0.25, 0.3) is 5.65 Å². The van der Waals surface area contributed by atoms with E-state index in [4.69, 9.17) is 11.6 Å². The minimum atomic E-state index is 0.148. The molecule has 0 saturated heterocycles. The fraction of sp³-hybridized carbons (Fsp3) is 0.0909. The summed E-state index contributed by atoms with van der Waals surface area (Å²) in [4.78, 5) is 12.6. The van der Waals surface area contributed by atoms with Crippen molar-refractivity contribution in [2.45, 2.75) is 6.54 Å². The van der Waals surface area contributed by atoms with Crippen LogP contribution in [0.5, 0.6) is 0 Å². The number of nitrogens with zero attached hydrogens (tertiary/aromatic N) is 5. The molecule has 0 aliphatic rings. The van der Waals surface area contributed by atoms with E-state index in [0.717, 1.165) is 5.69 Å². The molecule has 0 radical (unpaired) electrons. The van der Waals surface area contributed by atoms with E-state index in [9.17, 15) is 0 Å². The number of rotatable bonds is 3. The van der Waals surface area contributed by atoms with Crippen molar-refractivity contribution in [1.82, 2.24) is 24.6 Å². The van der Waals surface area contributed by atoms with Crippen LogP contribution in [0, 0.1) is 0 Å². The van der Waals surface area contributed by atoms with Crippen molar-refractivity contribution in [2.24, 2.45) is 0 Å². The molecule has 0 unspecified atom stereocenters. The number of anilines is 1. The van der Waals surface area contributed by atoms with E-state index in [1.54, 1.807) is 16.9 Å². The molecule has 3 heterocycles. The van der Waals surface area contributed by atoms with Crippen LogP contribution in [0.2, 0.25) is 5.28 Å². The van der Waals surface area contributed by atoms with Gasteiger partial charge in [-0.05, 0) is 39.7 Å². The van der Waals surface area contributed by atoms with Gasteiger partial charge in [0.15, 0.2) is 11.5 Å². The maximum absolute atomic E-state index is 5.89. The molecule has 0 atom stereocenters. The van der Waals surface area contributed by atoms with Crippen LogP contribution in [0.4, 0.5) is 5.82 Å². The molecule has 8 heteroatoms. The van der Waals surface area contributed by atoms with Crippen molar-refractivity contribution in [3.63, 3.8) is 0 Å². The molecule has 0 fully saturated rings. The van der Waals surface area contributed by atoms with Gasteiger partial charge in [0.1, 0.15) is 4.60 Å². The molecule has 1 N–H and O–H groups in total. The van der Waals surface area contributed by atoms with E-state index in [0.29, 0.717) is 22.6 Å². The van der Waals surface area contributed by atoms with E-state index in [1.165, 1.54) is 0 Å². The predicted molar refractivity (Wildman–Crippen MR) is 75.1 cm³/mol. The first-order valence-corrected chi connectivity index (χ1v) is 6.62. The van der Waals surface area contributed by atoms with Crippen LogP contribution in [0.15, 0.2) is 35.2 Å². The fourth-order valence-corrected chi connectivity index (χ4v) is 2.13. The fourth-order valence-electron chi connectivity index (χ4n) is 1.62. The lowest BCUT2D eigenvalue weighted by Gasteiger charge is -2.06. The number of nitrogens with one attached hydrogen (secondary N) is 1. The summed E-state index contributed by atoms with van der Waals surface area (Å²) in [6, 6.07) is 5.72. The Balaban J connectivity index is 1.92. The van der Waals surface area contributed by atoms with Gasteiger partial charge in [-0.3, -0.25) is 4.98 Å². The molecule has 3 aromatic heterocycles. The molecule has 0 bridgehead atoms. The second-order valence-electron chi connectivity index (χ2n) is 3.72. The third kappa shape index (κ3) is 2.52. The van der Waals surface area contributed by atoms with Gasteiger partial charge in [0.05, 0.1) is 18.4 Å². The molecule has 19 heavy (non-hydrogen) atoms. The first-order chi connectivity index (χ1) is 9.24. The van der Waals surface area contributed by atoms with Crippen LogP contribution in [0.1, 0.15) is 5.69 Å². The van der Waals surface area contributed by atoms with Gasteiger partial charge in [0.25, 0.3) is 0 Å². The standard InChI is InChI=1S/C11H8BrClN6/c12-8-6-16-10-9(17-11(13)18-19(8)10)15-5-7-3-1-2-4-14-7/h1-4,6H,5H2,(H,15,17,18). The quantitative estimate of drug-likeness (QED) is 0.794. The summed E-state index contributed by atoms with van der Waals surface area (Å²) >= 11 is 9.23. The van der Waals surface area contributed by atoms with Crippen molar-refractivity contribution in [3.8, 4) is 0 Å². The molecule has 96 valence electrons. The normalized spacial score (nSPS) is 10.8. The molecule has 0 amide bonds. The van der Waals surface area contributed by atoms with Crippen molar-refractivity contribution in [2.75, 3.05) is 5.32 Å². The van der Waals surface area contributed by atoms with Gasteiger partial charge in [-0.15, -0.1) is 5.10 Å². The predicted octanol–water partition coefficient (Wildman–Crippen LogP) is 2.55. The van der Waals surface area contributed by atoms with Gasteiger partial charge < -0.3 is 5.32 Å².